The van der Waals surface area contributed by atoms with E-state index in [4.69, 9.17) is 5.73 Å². The molecule has 3 aromatic rings. The van der Waals surface area contributed by atoms with Gasteiger partial charge in [-0.3, -0.25) is 19.7 Å². The average molecular weight is 723 g/mol. The molecule has 0 bridgehead atoms. The molecular formula is C36H46N6O6S2. The molecule has 1 spiro atoms. The number of nitrogens with one attached hydrogen (secondary N) is 3. The zero-order valence-corrected chi connectivity index (χ0v) is 29.8. The maximum absolute atomic E-state index is 13.3. The fourth-order valence-corrected chi connectivity index (χ4v) is 8.85. The van der Waals surface area contributed by atoms with Gasteiger partial charge in [-0.25, -0.2) is 13.1 Å². The molecular weight excluding hydrogens is 677 g/mol. The molecule has 5 rings (SSSR count). The lowest BCUT2D eigenvalue weighted by Crippen LogP contribution is -2.38. The summed E-state index contributed by atoms with van der Waals surface area (Å²) in [5, 5.41) is 18.4. The first kappa shape index (κ1) is 37.1. The first-order valence-electron chi connectivity index (χ1n) is 17.2. The van der Waals surface area contributed by atoms with E-state index >= 15 is 0 Å². The number of piperidine rings is 1. The lowest BCUT2D eigenvalue weighted by atomic mass is 9.77. The molecule has 1 saturated carbocycles. The first-order chi connectivity index (χ1) is 24.0. The van der Waals surface area contributed by atoms with Crippen LogP contribution in [0.15, 0.2) is 82.6 Å². The third-order valence-electron chi connectivity index (χ3n) is 9.70. The molecule has 14 heteroatoms. The maximum Gasteiger partial charge on any atom is 0.293 e. The van der Waals surface area contributed by atoms with E-state index in [9.17, 15) is 28.1 Å². The summed E-state index contributed by atoms with van der Waals surface area (Å²) in [5.74, 6) is -0.642. The number of thioether (sulfide) groups is 1. The molecule has 1 aliphatic heterocycles. The number of nitrogens with two attached hydrogens (primary N) is 1. The molecule has 2 fully saturated rings. The number of sulfonamides is 1. The summed E-state index contributed by atoms with van der Waals surface area (Å²) in [5.41, 5.74) is 6.61. The van der Waals surface area contributed by atoms with Crippen molar-refractivity contribution in [2.24, 2.45) is 11.1 Å². The summed E-state index contributed by atoms with van der Waals surface area (Å²) in [6, 6.07) is 20.1. The summed E-state index contributed by atoms with van der Waals surface area (Å²) in [7, 11) is -4.41. The highest BCUT2D eigenvalue weighted by molar-refractivity contribution is 7.99. The Bertz CT molecular complexity index is 1720. The van der Waals surface area contributed by atoms with E-state index in [0.29, 0.717) is 24.1 Å². The van der Waals surface area contributed by atoms with Gasteiger partial charge in [-0.05, 0) is 99.0 Å². The Labute approximate surface area is 298 Å². The second-order valence-corrected chi connectivity index (χ2v) is 16.0. The summed E-state index contributed by atoms with van der Waals surface area (Å²) >= 11 is 1.60. The van der Waals surface area contributed by atoms with Crippen LogP contribution in [0, 0.1) is 15.5 Å². The molecule has 1 atom stereocenters. The molecule has 1 heterocycles. The van der Waals surface area contributed by atoms with Crippen LogP contribution in [-0.4, -0.2) is 63.1 Å². The van der Waals surface area contributed by atoms with Gasteiger partial charge >= 0.3 is 0 Å². The number of nitro benzene ring substituents is 1. The Balaban J connectivity index is 1.22. The standard InChI is InChI=1S/C36H46N6O6S2/c37-34(43)25-38-21-7-4-8-28(26-49-30-9-2-1-3-10-30)39-32-16-15-31(24-33(32)42(45)46)50(47,48)40-35(44)27-11-13-29(14-12-27)41-22-19-36(20-23-41)17-5-6-18-36/h1-3,9-16,24,28,38-39H,4-8,17-23,25-26H2,(H2,37,43)(H,40,44)/t28-/m1/s1. The van der Waals surface area contributed by atoms with Crippen LogP contribution in [0.2, 0.25) is 0 Å². The Morgan fingerprint density at radius 3 is 2.32 bits per heavy atom. The minimum absolute atomic E-state index is 0.0962. The summed E-state index contributed by atoms with van der Waals surface area (Å²) in [6.45, 7) is 2.63. The lowest BCUT2D eigenvalue weighted by molar-refractivity contribution is -0.384. The smallest absolute Gasteiger partial charge is 0.293 e. The minimum atomic E-state index is -4.41. The third kappa shape index (κ3) is 10.2. The fourth-order valence-electron chi connectivity index (χ4n) is 6.86. The summed E-state index contributed by atoms with van der Waals surface area (Å²) in [4.78, 5) is 38.5. The predicted octanol–water partition coefficient (Wildman–Crippen LogP) is 5.69. The SMILES string of the molecule is NC(=O)CNCCCC[C@H](CSc1ccccc1)Nc1ccc(S(=O)(=O)NC(=O)c2ccc(N3CCC4(CCCC4)CC3)cc2)cc1[N+](=O)[O-]. The van der Waals surface area contributed by atoms with Crippen LogP contribution in [0.5, 0.6) is 0 Å². The Morgan fingerprint density at radius 2 is 1.66 bits per heavy atom. The van der Waals surface area contributed by atoms with Gasteiger partial charge in [0.2, 0.25) is 5.91 Å². The van der Waals surface area contributed by atoms with Crippen LogP contribution < -0.4 is 26.0 Å². The highest BCUT2D eigenvalue weighted by Crippen LogP contribution is 2.46. The quantitative estimate of drug-likeness (QED) is 0.0586. The number of carbonyl (C=O) groups is 2. The van der Waals surface area contributed by atoms with Gasteiger partial charge in [-0.15, -0.1) is 11.8 Å². The van der Waals surface area contributed by atoms with Crippen molar-refractivity contribution in [3.05, 3.63) is 88.5 Å². The highest BCUT2D eigenvalue weighted by Gasteiger charge is 2.37. The molecule has 1 saturated heterocycles. The van der Waals surface area contributed by atoms with Gasteiger partial charge in [0, 0.05) is 47.1 Å². The molecule has 2 amide bonds. The van der Waals surface area contributed by atoms with Gasteiger partial charge in [0.1, 0.15) is 5.69 Å². The lowest BCUT2D eigenvalue weighted by Gasteiger charge is -2.40. The molecule has 2 aliphatic rings. The van der Waals surface area contributed by atoms with Crippen molar-refractivity contribution in [1.29, 1.82) is 0 Å². The van der Waals surface area contributed by atoms with Crippen LogP contribution in [-0.2, 0) is 14.8 Å². The van der Waals surface area contributed by atoms with Crippen LogP contribution in [0.4, 0.5) is 17.1 Å². The topological polar surface area (TPSA) is 177 Å². The van der Waals surface area contributed by atoms with Crippen molar-refractivity contribution in [1.82, 2.24) is 10.0 Å². The number of hydrogen-bond donors (Lipinski definition) is 4. The largest absolute Gasteiger partial charge is 0.376 e. The van der Waals surface area contributed by atoms with E-state index < -0.39 is 32.4 Å². The second-order valence-electron chi connectivity index (χ2n) is 13.2. The van der Waals surface area contributed by atoms with Crippen molar-refractivity contribution < 1.29 is 22.9 Å². The van der Waals surface area contributed by atoms with Crippen LogP contribution in [0.1, 0.15) is 68.1 Å². The van der Waals surface area contributed by atoms with E-state index in [0.717, 1.165) is 42.6 Å². The van der Waals surface area contributed by atoms with Crippen molar-refractivity contribution >= 4 is 50.7 Å². The van der Waals surface area contributed by atoms with Crippen molar-refractivity contribution in [3.63, 3.8) is 0 Å². The maximum atomic E-state index is 13.3. The van der Waals surface area contributed by atoms with Crippen molar-refractivity contribution in [2.75, 3.05) is 42.1 Å². The number of amides is 2. The van der Waals surface area contributed by atoms with E-state index in [2.05, 4.69) is 20.3 Å². The average Bonchev–Trinajstić information content (AvgIpc) is 3.56. The normalized spacial score (nSPS) is 16.2. The van der Waals surface area contributed by atoms with Crippen LogP contribution in [0.25, 0.3) is 0 Å². The fraction of sp³-hybridized carbons (Fsp3) is 0.444. The zero-order chi connectivity index (χ0) is 35.6. The van der Waals surface area contributed by atoms with Crippen LogP contribution >= 0.6 is 11.8 Å². The Hall–Kier alpha value is -4.14. The molecule has 3 aromatic carbocycles. The molecule has 1 aliphatic carbocycles. The predicted molar refractivity (Wildman–Crippen MR) is 197 cm³/mol. The van der Waals surface area contributed by atoms with Crippen molar-refractivity contribution in [2.45, 2.75) is 73.6 Å². The number of anilines is 2. The first-order valence-corrected chi connectivity index (χ1v) is 19.6. The second kappa shape index (κ2) is 17.2. The van der Waals surface area contributed by atoms with Gasteiger partial charge in [0.15, 0.2) is 0 Å². The number of rotatable bonds is 17. The Morgan fingerprint density at radius 1 is 0.960 bits per heavy atom. The molecule has 0 unspecified atom stereocenters. The minimum Gasteiger partial charge on any atom is -0.376 e. The van der Waals surface area contributed by atoms with Crippen LogP contribution in [0.3, 0.4) is 0 Å². The molecule has 5 N–H and O–H groups in total. The third-order valence-corrected chi connectivity index (χ3v) is 12.2. The highest BCUT2D eigenvalue weighted by atomic mass is 32.2. The Kier molecular flexibility index (Phi) is 12.8. The summed E-state index contributed by atoms with van der Waals surface area (Å²) in [6.07, 6.45) is 9.79. The molecule has 0 aromatic heterocycles. The van der Waals surface area contributed by atoms with E-state index in [1.165, 1.54) is 50.7 Å². The van der Waals surface area contributed by atoms with Crippen molar-refractivity contribution in [3.8, 4) is 0 Å². The number of nitrogens with zero attached hydrogens (tertiary/aromatic N) is 2. The monoisotopic (exact) mass is 722 g/mol. The number of unbranched alkanes of at least 4 members (excludes halogenated alkanes) is 1. The number of benzene rings is 3. The number of hydrogen-bond acceptors (Lipinski definition) is 10. The van der Waals surface area contributed by atoms with E-state index in [-0.39, 0.29) is 28.7 Å². The van der Waals surface area contributed by atoms with E-state index in [1.54, 1.807) is 23.9 Å². The number of carbonyl (C=O) groups excluding carboxylic acids is 2. The van der Waals surface area contributed by atoms with E-state index in [1.807, 2.05) is 42.5 Å². The van der Waals surface area contributed by atoms with Gasteiger partial charge in [-0.2, -0.15) is 0 Å². The molecule has 0 radical (unpaired) electrons. The van der Waals surface area contributed by atoms with Gasteiger partial charge in [0.25, 0.3) is 21.6 Å². The number of primary amides is 1. The van der Waals surface area contributed by atoms with Gasteiger partial charge in [-0.1, -0.05) is 37.5 Å². The summed E-state index contributed by atoms with van der Waals surface area (Å²) < 4.78 is 28.6. The molecule has 12 nitrogen and oxygen atoms in total. The number of nitro groups is 1. The molecule has 50 heavy (non-hydrogen) atoms. The van der Waals surface area contributed by atoms with Gasteiger partial charge < -0.3 is 21.3 Å². The zero-order valence-electron chi connectivity index (χ0n) is 28.1. The molecule has 268 valence electrons. The van der Waals surface area contributed by atoms with Gasteiger partial charge in [0.05, 0.1) is 16.4 Å².